The van der Waals surface area contributed by atoms with E-state index in [-0.39, 0.29) is 11.9 Å². The van der Waals surface area contributed by atoms with Crippen LogP contribution in [-0.4, -0.2) is 53.8 Å². The maximum Gasteiger partial charge on any atom is 0.237 e. The van der Waals surface area contributed by atoms with E-state index in [9.17, 15) is 9.59 Å². The highest BCUT2D eigenvalue weighted by atomic mass is 35.5. The molecule has 3 rings (SSSR count). The summed E-state index contributed by atoms with van der Waals surface area (Å²) in [5.41, 5.74) is 0.919. The van der Waals surface area contributed by atoms with Gasteiger partial charge in [0.05, 0.1) is 6.04 Å². The van der Waals surface area contributed by atoms with Gasteiger partial charge < -0.3 is 10.2 Å². The van der Waals surface area contributed by atoms with Crippen LogP contribution in [0.3, 0.4) is 0 Å². The molecule has 28 heavy (non-hydrogen) atoms. The van der Waals surface area contributed by atoms with E-state index < -0.39 is 0 Å². The number of hydrogen-bond donors (Lipinski definition) is 1. The van der Waals surface area contributed by atoms with Crippen molar-refractivity contribution in [3.8, 4) is 0 Å². The number of benzene rings is 1. The van der Waals surface area contributed by atoms with E-state index in [1.54, 1.807) is 0 Å². The van der Waals surface area contributed by atoms with E-state index in [1.807, 2.05) is 36.1 Å². The Kier molecular flexibility index (Phi) is 7.74. The minimum Gasteiger partial charge on any atom is -0.351 e. The van der Waals surface area contributed by atoms with Crippen LogP contribution in [0.4, 0.5) is 0 Å². The Morgan fingerprint density at radius 1 is 1.11 bits per heavy atom. The summed E-state index contributed by atoms with van der Waals surface area (Å²) in [4.78, 5) is 29.3. The lowest BCUT2D eigenvalue weighted by Gasteiger charge is -2.38. The molecule has 1 atom stereocenters. The molecule has 2 aliphatic rings. The number of nitrogens with one attached hydrogen (secondary N) is 1. The molecule has 2 fully saturated rings. The van der Waals surface area contributed by atoms with Crippen LogP contribution >= 0.6 is 11.6 Å². The molecule has 0 bridgehead atoms. The fourth-order valence-electron chi connectivity index (χ4n) is 4.26. The molecule has 1 saturated carbocycles. The third kappa shape index (κ3) is 5.71. The van der Waals surface area contributed by atoms with Crippen molar-refractivity contribution < 1.29 is 9.59 Å². The number of carbonyl (C=O) groups is 2. The van der Waals surface area contributed by atoms with Crippen molar-refractivity contribution >= 4 is 23.4 Å². The monoisotopic (exact) mass is 405 g/mol. The molecule has 0 aromatic heterocycles. The molecule has 5 nitrogen and oxygen atoms in total. The van der Waals surface area contributed by atoms with Gasteiger partial charge in [-0.15, -0.1) is 0 Å². The number of rotatable bonds is 6. The molecule has 1 N–H and O–H groups in total. The lowest BCUT2D eigenvalue weighted by atomic mass is 9.86. The smallest absolute Gasteiger partial charge is 0.237 e. The van der Waals surface area contributed by atoms with E-state index in [2.05, 4.69) is 10.2 Å². The molecule has 0 spiro atoms. The molecule has 1 aromatic carbocycles. The molecule has 1 heterocycles. The van der Waals surface area contributed by atoms with Gasteiger partial charge in [-0.3, -0.25) is 14.5 Å². The van der Waals surface area contributed by atoms with Gasteiger partial charge in [-0.1, -0.05) is 49.1 Å². The third-order valence-corrected chi connectivity index (χ3v) is 6.56. The Morgan fingerprint density at radius 3 is 2.46 bits per heavy atom. The number of nitrogens with zero attached hydrogens (tertiary/aromatic N) is 2. The third-order valence-electron chi connectivity index (χ3n) is 6.19. The second-order valence-electron chi connectivity index (χ2n) is 8.11. The summed E-state index contributed by atoms with van der Waals surface area (Å²) in [5, 5.41) is 3.65. The number of halogens is 1. The fraction of sp³-hybridized carbons (Fsp3) is 0.636. The van der Waals surface area contributed by atoms with Crippen LogP contribution < -0.4 is 5.32 Å². The minimum absolute atomic E-state index is 0.00176. The highest BCUT2D eigenvalue weighted by molar-refractivity contribution is 6.31. The SMILES string of the molecule is CC(C(=O)NCc1ccccc1Cl)N1CCN(C(=O)CC2CCCCC2)CC1. The highest BCUT2D eigenvalue weighted by Gasteiger charge is 2.28. The van der Waals surface area contributed by atoms with Gasteiger partial charge in [-0.05, 0) is 37.3 Å². The largest absolute Gasteiger partial charge is 0.351 e. The molecular formula is C22H32ClN3O2. The standard InChI is InChI=1S/C22H32ClN3O2/c1-17(22(28)24-16-19-9-5-6-10-20(19)23)25-11-13-26(14-12-25)21(27)15-18-7-3-2-4-8-18/h5-6,9-10,17-18H,2-4,7-8,11-16H2,1H3,(H,24,28). The van der Waals surface area contributed by atoms with Crippen LogP contribution in [0.25, 0.3) is 0 Å². The highest BCUT2D eigenvalue weighted by Crippen LogP contribution is 2.27. The predicted molar refractivity (Wildman–Crippen MR) is 112 cm³/mol. The first kappa shape index (κ1) is 21.1. The Hall–Kier alpha value is -1.59. The minimum atomic E-state index is -0.210. The van der Waals surface area contributed by atoms with E-state index in [4.69, 9.17) is 11.6 Å². The zero-order valence-corrected chi connectivity index (χ0v) is 17.6. The van der Waals surface area contributed by atoms with Gasteiger partial charge in [-0.25, -0.2) is 0 Å². The Bertz CT molecular complexity index is 668. The summed E-state index contributed by atoms with van der Waals surface area (Å²) < 4.78 is 0. The van der Waals surface area contributed by atoms with Gasteiger partial charge >= 0.3 is 0 Å². The van der Waals surface area contributed by atoms with Crippen LogP contribution in [0.2, 0.25) is 5.02 Å². The van der Waals surface area contributed by atoms with Crippen molar-refractivity contribution in [3.63, 3.8) is 0 Å². The molecule has 6 heteroatoms. The molecule has 0 radical (unpaired) electrons. The first-order chi connectivity index (χ1) is 13.5. The summed E-state index contributed by atoms with van der Waals surface area (Å²) in [6, 6.07) is 7.34. The van der Waals surface area contributed by atoms with Gasteiger partial charge in [0.1, 0.15) is 0 Å². The van der Waals surface area contributed by atoms with E-state index in [0.717, 1.165) is 18.7 Å². The molecule has 2 amide bonds. The number of carbonyl (C=O) groups excluding carboxylic acids is 2. The van der Waals surface area contributed by atoms with Crippen molar-refractivity contribution in [1.82, 2.24) is 15.1 Å². The van der Waals surface area contributed by atoms with Crippen molar-refractivity contribution in [2.45, 2.75) is 58.0 Å². The maximum absolute atomic E-state index is 12.6. The predicted octanol–water partition coefficient (Wildman–Crippen LogP) is 3.46. The topological polar surface area (TPSA) is 52.7 Å². The lowest BCUT2D eigenvalue weighted by Crippen LogP contribution is -2.55. The summed E-state index contributed by atoms with van der Waals surface area (Å²) in [7, 11) is 0. The van der Waals surface area contributed by atoms with Crippen molar-refractivity contribution in [2.75, 3.05) is 26.2 Å². The van der Waals surface area contributed by atoms with Crippen LogP contribution in [0.15, 0.2) is 24.3 Å². The number of piperazine rings is 1. The lowest BCUT2D eigenvalue weighted by molar-refractivity contribution is -0.135. The molecule has 1 aliphatic carbocycles. The quantitative estimate of drug-likeness (QED) is 0.788. The van der Waals surface area contributed by atoms with Crippen LogP contribution in [0.1, 0.15) is 51.0 Å². The molecule has 1 aliphatic heterocycles. The van der Waals surface area contributed by atoms with E-state index in [0.29, 0.717) is 42.9 Å². The van der Waals surface area contributed by atoms with Crippen LogP contribution in [0, 0.1) is 5.92 Å². The fourth-order valence-corrected chi connectivity index (χ4v) is 4.47. The maximum atomic E-state index is 12.6. The van der Waals surface area contributed by atoms with Crippen molar-refractivity contribution in [3.05, 3.63) is 34.9 Å². The van der Waals surface area contributed by atoms with E-state index >= 15 is 0 Å². The summed E-state index contributed by atoms with van der Waals surface area (Å²) >= 11 is 6.15. The second-order valence-corrected chi connectivity index (χ2v) is 8.52. The summed E-state index contributed by atoms with van der Waals surface area (Å²) in [6.45, 7) is 5.29. The first-order valence-electron chi connectivity index (χ1n) is 10.6. The van der Waals surface area contributed by atoms with Gasteiger partial charge in [0.25, 0.3) is 0 Å². The van der Waals surface area contributed by atoms with Crippen LogP contribution in [-0.2, 0) is 16.1 Å². The van der Waals surface area contributed by atoms with Gasteiger partial charge in [0.2, 0.25) is 11.8 Å². The van der Waals surface area contributed by atoms with E-state index in [1.165, 1.54) is 32.1 Å². The molecule has 154 valence electrons. The summed E-state index contributed by atoms with van der Waals surface area (Å²) in [6.07, 6.45) is 6.97. The molecule has 1 saturated heterocycles. The van der Waals surface area contributed by atoms with Gasteiger partial charge in [0.15, 0.2) is 0 Å². The first-order valence-corrected chi connectivity index (χ1v) is 11.0. The number of amides is 2. The zero-order chi connectivity index (χ0) is 19.9. The molecule has 1 aromatic rings. The number of hydrogen-bond acceptors (Lipinski definition) is 3. The van der Waals surface area contributed by atoms with Crippen molar-refractivity contribution in [2.24, 2.45) is 5.92 Å². The summed E-state index contributed by atoms with van der Waals surface area (Å²) in [5.74, 6) is 0.873. The normalized spacial score (nSPS) is 20.0. The average molecular weight is 406 g/mol. The Balaban J connectivity index is 1.41. The van der Waals surface area contributed by atoms with Gasteiger partial charge in [0, 0.05) is 44.2 Å². The Morgan fingerprint density at radius 2 is 1.79 bits per heavy atom. The Labute approximate surface area is 173 Å². The van der Waals surface area contributed by atoms with Crippen molar-refractivity contribution in [1.29, 1.82) is 0 Å². The van der Waals surface area contributed by atoms with Gasteiger partial charge in [-0.2, -0.15) is 0 Å². The average Bonchev–Trinajstić information content (AvgIpc) is 2.73. The van der Waals surface area contributed by atoms with Crippen LogP contribution in [0.5, 0.6) is 0 Å². The molecule has 1 unspecified atom stereocenters. The molecular weight excluding hydrogens is 374 g/mol. The second kappa shape index (κ2) is 10.3. The zero-order valence-electron chi connectivity index (χ0n) is 16.8.